The molecule has 1 nitrogen and oxygen atoms in total. The molecule has 0 heterocycles. The van der Waals surface area contributed by atoms with Crippen LogP contribution in [0.2, 0.25) is 0 Å². The van der Waals surface area contributed by atoms with Crippen molar-refractivity contribution in [2.45, 2.75) is 44.9 Å². The average molecular weight is 259 g/mol. The zero-order valence-corrected chi connectivity index (χ0v) is 12.1. The molecule has 16 heavy (non-hydrogen) atoms. The molecule has 0 unspecified atom stereocenters. The van der Waals surface area contributed by atoms with Gasteiger partial charge in [-0.2, -0.15) is 0 Å². The zero-order chi connectivity index (χ0) is 12.3. The second-order valence-corrected chi connectivity index (χ2v) is 8.97. The van der Waals surface area contributed by atoms with Gasteiger partial charge in [-0.25, -0.2) is 0 Å². The molecule has 3 heteroatoms. The van der Waals surface area contributed by atoms with E-state index in [-0.39, 0.29) is 11.3 Å². The van der Waals surface area contributed by atoms with E-state index in [4.69, 9.17) is 11.6 Å². The number of hydrogen-bond donors (Lipinski definition) is 0. The molecule has 1 rings (SSSR count). The molecule has 0 fully saturated rings. The Hall–Kier alpha value is -0.260. The Morgan fingerprint density at radius 1 is 1.19 bits per heavy atom. The van der Waals surface area contributed by atoms with Crippen LogP contribution in [-0.2, 0) is 10.4 Å². The van der Waals surface area contributed by atoms with Gasteiger partial charge in [0.2, 0.25) is 0 Å². The molecular weight excluding hydrogens is 239 g/mol. The lowest BCUT2D eigenvalue weighted by molar-refractivity contribution is 0.569. The summed E-state index contributed by atoms with van der Waals surface area (Å²) in [7, 11) is -2.31. The van der Waals surface area contributed by atoms with Gasteiger partial charge >= 0.3 is 0 Å². The number of alkyl halides is 1. The molecule has 0 radical (unpaired) electrons. The van der Waals surface area contributed by atoms with E-state index in [0.29, 0.717) is 5.88 Å². The van der Waals surface area contributed by atoms with Crippen LogP contribution in [0.15, 0.2) is 24.3 Å². The first-order valence-electron chi connectivity index (χ1n) is 5.67. The van der Waals surface area contributed by atoms with E-state index in [0.717, 1.165) is 10.9 Å². The van der Waals surface area contributed by atoms with Gasteiger partial charge in [-0.3, -0.25) is 0 Å². The van der Waals surface area contributed by atoms with Crippen LogP contribution in [0.1, 0.15) is 33.3 Å². The molecule has 0 aliphatic rings. The fourth-order valence-electron chi connectivity index (χ4n) is 2.05. The standard InChI is InChI=1S/C13H20ClOP/c1-10(2)16(15,11(3)4)13-7-5-6-12(8-13)9-14/h5-8,10-11H,9H2,1-4H3. The van der Waals surface area contributed by atoms with Crippen molar-refractivity contribution in [3.05, 3.63) is 29.8 Å². The van der Waals surface area contributed by atoms with Gasteiger partial charge in [0.15, 0.2) is 0 Å². The number of benzene rings is 1. The average Bonchev–Trinajstić information content (AvgIpc) is 2.27. The Bertz CT molecular complexity index is 387. The molecule has 0 atom stereocenters. The molecule has 0 saturated heterocycles. The molecule has 90 valence electrons. The summed E-state index contributed by atoms with van der Waals surface area (Å²) in [5.41, 5.74) is 1.40. The number of hydrogen-bond acceptors (Lipinski definition) is 1. The molecule has 1 aromatic rings. The Morgan fingerprint density at radius 3 is 2.19 bits per heavy atom. The molecule has 0 aliphatic heterocycles. The monoisotopic (exact) mass is 258 g/mol. The van der Waals surface area contributed by atoms with Crippen LogP contribution in [0.3, 0.4) is 0 Å². The van der Waals surface area contributed by atoms with E-state index in [9.17, 15) is 4.57 Å². The number of rotatable bonds is 4. The van der Waals surface area contributed by atoms with Gasteiger partial charge in [-0.15, -0.1) is 11.6 Å². The Kier molecular flexibility index (Phi) is 4.64. The van der Waals surface area contributed by atoms with E-state index < -0.39 is 7.14 Å². The van der Waals surface area contributed by atoms with Gasteiger partial charge < -0.3 is 4.57 Å². The maximum Gasteiger partial charge on any atom is 0.120 e. The summed E-state index contributed by atoms with van der Waals surface area (Å²) in [4.78, 5) is 0. The molecule has 0 aliphatic carbocycles. The van der Waals surface area contributed by atoms with Gasteiger partial charge in [-0.05, 0) is 11.6 Å². The maximum absolute atomic E-state index is 13.0. The van der Waals surface area contributed by atoms with Crippen molar-refractivity contribution in [3.63, 3.8) is 0 Å². The molecule has 1 aromatic carbocycles. The van der Waals surface area contributed by atoms with Crippen LogP contribution >= 0.6 is 18.7 Å². The molecule has 0 N–H and O–H groups in total. The maximum atomic E-state index is 13.0. The van der Waals surface area contributed by atoms with Gasteiger partial charge in [-0.1, -0.05) is 45.9 Å². The van der Waals surface area contributed by atoms with E-state index in [1.165, 1.54) is 0 Å². The van der Waals surface area contributed by atoms with Crippen LogP contribution < -0.4 is 5.30 Å². The molecular formula is C13H20ClOP. The van der Waals surface area contributed by atoms with Gasteiger partial charge in [0.05, 0.1) is 0 Å². The van der Waals surface area contributed by atoms with Gasteiger partial charge in [0.1, 0.15) is 7.14 Å². The predicted octanol–water partition coefficient (Wildman–Crippen LogP) is 4.23. The van der Waals surface area contributed by atoms with Crippen LogP contribution in [0.4, 0.5) is 0 Å². The quantitative estimate of drug-likeness (QED) is 0.583. The van der Waals surface area contributed by atoms with Crippen molar-refractivity contribution in [2.24, 2.45) is 0 Å². The lowest BCUT2D eigenvalue weighted by atomic mass is 10.2. The van der Waals surface area contributed by atoms with E-state index >= 15 is 0 Å². The van der Waals surface area contributed by atoms with Crippen molar-refractivity contribution in [2.75, 3.05) is 0 Å². The molecule has 0 aromatic heterocycles. The first-order valence-corrected chi connectivity index (χ1v) is 8.05. The van der Waals surface area contributed by atoms with E-state index in [1.807, 2.05) is 52.0 Å². The smallest absolute Gasteiger partial charge is 0.120 e. The van der Waals surface area contributed by atoms with Gasteiger partial charge in [0.25, 0.3) is 0 Å². The van der Waals surface area contributed by atoms with Crippen LogP contribution in [-0.4, -0.2) is 11.3 Å². The van der Waals surface area contributed by atoms with E-state index in [2.05, 4.69) is 0 Å². The summed E-state index contributed by atoms with van der Waals surface area (Å²) >= 11 is 5.82. The van der Waals surface area contributed by atoms with Crippen molar-refractivity contribution in [1.29, 1.82) is 0 Å². The SMILES string of the molecule is CC(C)P(=O)(c1cccc(CCl)c1)C(C)C. The third-order valence-corrected chi connectivity index (χ3v) is 7.47. The normalized spacial score (nSPS) is 12.4. The summed E-state index contributed by atoms with van der Waals surface area (Å²) in [6.07, 6.45) is 0. The van der Waals surface area contributed by atoms with Crippen molar-refractivity contribution < 1.29 is 4.57 Å². The summed E-state index contributed by atoms with van der Waals surface area (Å²) in [6.45, 7) is 8.14. The van der Waals surface area contributed by atoms with Crippen LogP contribution in [0.25, 0.3) is 0 Å². The van der Waals surface area contributed by atoms with Crippen molar-refractivity contribution in [1.82, 2.24) is 0 Å². The van der Waals surface area contributed by atoms with E-state index in [1.54, 1.807) is 0 Å². The molecule has 0 amide bonds. The highest BCUT2D eigenvalue weighted by Gasteiger charge is 2.32. The highest BCUT2D eigenvalue weighted by molar-refractivity contribution is 7.72. The highest BCUT2D eigenvalue weighted by Crippen LogP contribution is 2.53. The minimum Gasteiger partial charge on any atom is -0.318 e. The first-order chi connectivity index (χ1) is 7.42. The number of halogens is 1. The van der Waals surface area contributed by atoms with Crippen LogP contribution in [0, 0.1) is 0 Å². The molecule has 0 saturated carbocycles. The second-order valence-electron chi connectivity index (χ2n) is 4.70. The van der Waals surface area contributed by atoms with Crippen LogP contribution in [0.5, 0.6) is 0 Å². The van der Waals surface area contributed by atoms with Crippen molar-refractivity contribution >= 4 is 24.0 Å². The zero-order valence-electron chi connectivity index (χ0n) is 10.4. The Balaban J connectivity index is 3.27. The first kappa shape index (κ1) is 13.8. The minimum atomic E-state index is -2.31. The molecule has 0 bridgehead atoms. The third kappa shape index (κ3) is 2.52. The van der Waals surface area contributed by atoms with Crippen molar-refractivity contribution in [3.8, 4) is 0 Å². The Morgan fingerprint density at radius 2 is 1.75 bits per heavy atom. The second kappa shape index (κ2) is 5.38. The lowest BCUT2D eigenvalue weighted by Gasteiger charge is -2.26. The summed E-state index contributed by atoms with van der Waals surface area (Å²) in [6, 6.07) is 7.89. The predicted molar refractivity (Wildman–Crippen MR) is 73.5 cm³/mol. The summed E-state index contributed by atoms with van der Waals surface area (Å²) < 4.78 is 13.0. The summed E-state index contributed by atoms with van der Waals surface area (Å²) in [5, 5.41) is 0.968. The topological polar surface area (TPSA) is 17.1 Å². The fraction of sp³-hybridized carbons (Fsp3) is 0.538. The largest absolute Gasteiger partial charge is 0.318 e. The molecule has 0 spiro atoms. The van der Waals surface area contributed by atoms with Gasteiger partial charge in [0, 0.05) is 22.5 Å². The third-order valence-electron chi connectivity index (χ3n) is 3.00. The highest BCUT2D eigenvalue weighted by atomic mass is 35.5. The summed E-state index contributed by atoms with van der Waals surface area (Å²) in [5.74, 6) is 0.476. The fourth-order valence-corrected chi connectivity index (χ4v) is 5.29. The Labute approximate surface area is 104 Å². The lowest BCUT2D eigenvalue weighted by Crippen LogP contribution is -2.19. The minimum absolute atomic E-state index is 0.179.